The maximum absolute atomic E-state index is 12.6. The van der Waals surface area contributed by atoms with Crippen molar-refractivity contribution in [3.8, 4) is 0 Å². The Morgan fingerprint density at radius 3 is 2.27 bits per heavy atom. The highest BCUT2D eigenvalue weighted by molar-refractivity contribution is 7.89. The lowest BCUT2D eigenvalue weighted by atomic mass is 10.1. The van der Waals surface area contributed by atoms with Gasteiger partial charge in [-0.1, -0.05) is 19.8 Å². The Kier molecular flexibility index (Phi) is 6.46. The molecule has 3 N–H and O–H groups in total. The van der Waals surface area contributed by atoms with Crippen molar-refractivity contribution in [3.63, 3.8) is 0 Å². The zero-order valence-electron chi connectivity index (χ0n) is 13.1. The summed E-state index contributed by atoms with van der Waals surface area (Å²) in [6.07, 6.45) is 2.49. The number of nitrogens with zero attached hydrogens (tertiary/aromatic N) is 1. The van der Waals surface area contributed by atoms with E-state index in [1.807, 2.05) is 6.92 Å². The summed E-state index contributed by atoms with van der Waals surface area (Å²) in [5.41, 5.74) is 6.21. The molecule has 1 rings (SSSR count). The minimum absolute atomic E-state index is 0.0908. The van der Waals surface area contributed by atoms with Gasteiger partial charge in [-0.15, -0.1) is 0 Å². The molecule has 0 saturated heterocycles. The predicted molar refractivity (Wildman–Crippen MR) is 85.3 cm³/mol. The molecule has 0 aliphatic heterocycles. The van der Waals surface area contributed by atoms with Crippen LogP contribution in [0.15, 0.2) is 17.0 Å². The molecule has 124 valence electrons. The van der Waals surface area contributed by atoms with Crippen LogP contribution in [0, 0.1) is 24.0 Å². The summed E-state index contributed by atoms with van der Waals surface area (Å²) >= 11 is 0. The summed E-state index contributed by atoms with van der Waals surface area (Å²) in [6.45, 7) is 5.34. The second-order valence-electron chi connectivity index (χ2n) is 5.36. The maximum Gasteiger partial charge on any atom is 0.270 e. The average molecular weight is 329 g/mol. The van der Waals surface area contributed by atoms with E-state index in [1.165, 1.54) is 12.1 Å². The molecule has 7 nitrogen and oxygen atoms in total. The van der Waals surface area contributed by atoms with Gasteiger partial charge in [0.15, 0.2) is 0 Å². The number of sulfonamides is 1. The highest BCUT2D eigenvalue weighted by Crippen LogP contribution is 2.25. The number of nitrogens with one attached hydrogen (secondary N) is 1. The Hall–Kier alpha value is -1.51. The minimum Gasteiger partial charge on any atom is -0.329 e. The SMILES string of the molecule is CCCCC(CN)NS(=O)(=O)c1c(C)cc([N+](=O)[O-])cc1C. The normalized spacial score (nSPS) is 13.1. The number of nitro benzene ring substituents is 1. The third-order valence-electron chi connectivity index (χ3n) is 3.44. The van der Waals surface area contributed by atoms with Crippen molar-refractivity contribution in [2.45, 2.75) is 51.0 Å². The fraction of sp³-hybridized carbons (Fsp3) is 0.571. The van der Waals surface area contributed by atoms with E-state index in [4.69, 9.17) is 5.73 Å². The number of benzene rings is 1. The van der Waals surface area contributed by atoms with Gasteiger partial charge in [-0.3, -0.25) is 10.1 Å². The van der Waals surface area contributed by atoms with Gasteiger partial charge in [0, 0.05) is 24.7 Å². The van der Waals surface area contributed by atoms with Crippen LogP contribution in [0.2, 0.25) is 0 Å². The zero-order valence-corrected chi connectivity index (χ0v) is 13.9. The van der Waals surface area contributed by atoms with E-state index in [2.05, 4.69) is 4.72 Å². The van der Waals surface area contributed by atoms with Crippen molar-refractivity contribution in [2.75, 3.05) is 6.54 Å². The summed E-state index contributed by atoms with van der Waals surface area (Å²) in [6, 6.07) is 2.20. The minimum atomic E-state index is -3.76. The van der Waals surface area contributed by atoms with Crippen molar-refractivity contribution in [3.05, 3.63) is 33.4 Å². The smallest absolute Gasteiger partial charge is 0.270 e. The highest BCUT2D eigenvalue weighted by Gasteiger charge is 2.25. The lowest BCUT2D eigenvalue weighted by molar-refractivity contribution is -0.385. The van der Waals surface area contributed by atoms with Crippen LogP contribution in [0.4, 0.5) is 5.69 Å². The van der Waals surface area contributed by atoms with Crippen LogP contribution in [0.25, 0.3) is 0 Å². The molecule has 0 saturated carbocycles. The van der Waals surface area contributed by atoms with Crippen LogP contribution in [-0.4, -0.2) is 25.9 Å². The molecule has 0 aliphatic carbocycles. The summed E-state index contributed by atoms with van der Waals surface area (Å²) in [5, 5.41) is 10.8. The largest absolute Gasteiger partial charge is 0.329 e. The Bertz CT molecular complexity index is 620. The monoisotopic (exact) mass is 329 g/mol. The molecule has 0 radical (unpaired) electrons. The molecule has 1 unspecified atom stereocenters. The van der Waals surface area contributed by atoms with Gasteiger partial charge in [-0.2, -0.15) is 0 Å². The van der Waals surface area contributed by atoms with Gasteiger partial charge < -0.3 is 5.73 Å². The number of nitro groups is 1. The van der Waals surface area contributed by atoms with E-state index in [1.54, 1.807) is 13.8 Å². The van der Waals surface area contributed by atoms with Gasteiger partial charge >= 0.3 is 0 Å². The first-order valence-corrected chi connectivity index (χ1v) is 8.69. The van der Waals surface area contributed by atoms with E-state index >= 15 is 0 Å². The molecule has 0 heterocycles. The predicted octanol–water partition coefficient (Wildman–Crippen LogP) is 2.01. The Morgan fingerprint density at radius 1 is 1.32 bits per heavy atom. The van der Waals surface area contributed by atoms with Crippen molar-refractivity contribution in [1.29, 1.82) is 0 Å². The topological polar surface area (TPSA) is 115 Å². The maximum atomic E-state index is 12.6. The summed E-state index contributed by atoms with van der Waals surface area (Å²) < 4.78 is 27.7. The molecular formula is C14H23N3O4S. The first kappa shape index (κ1) is 18.5. The Morgan fingerprint density at radius 2 is 1.86 bits per heavy atom. The van der Waals surface area contributed by atoms with Crippen LogP contribution >= 0.6 is 0 Å². The Balaban J connectivity index is 3.15. The van der Waals surface area contributed by atoms with Gasteiger partial charge in [-0.25, -0.2) is 13.1 Å². The fourth-order valence-electron chi connectivity index (χ4n) is 2.41. The van der Waals surface area contributed by atoms with Crippen molar-refractivity contribution < 1.29 is 13.3 Å². The van der Waals surface area contributed by atoms with Crippen LogP contribution in [0.1, 0.15) is 37.3 Å². The van der Waals surface area contributed by atoms with E-state index in [9.17, 15) is 18.5 Å². The van der Waals surface area contributed by atoms with E-state index in [-0.39, 0.29) is 23.2 Å². The molecule has 22 heavy (non-hydrogen) atoms. The van der Waals surface area contributed by atoms with E-state index in [0.717, 1.165) is 12.8 Å². The summed E-state index contributed by atoms with van der Waals surface area (Å²) in [5.74, 6) is 0. The molecule has 8 heteroatoms. The lowest BCUT2D eigenvalue weighted by Crippen LogP contribution is -2.40. The molecule has 0 aliphatic rings. The quantitative estimate of drug-likeness (QED) is 0.559. The van der Waals surface area contributed by atoms with Gasteiger partial charge in [0.2, 0.25) is 10.0 Å². The zero-order chi connectivity index (χ0) is 16.9. The molecule has 1 atom stereocenters. The second-order valence-corrected chi connectivity index (χ2v) is 7.01. The van der Waals surface area contributed by atoms with Crippen molar-refractivity contribution in [2.24, 2.45) is 5.73 Å². The van der Waals surface area contributed by atoms with E-state index in [0.29, 0.717) is 17.5 Å². The molecular weight excluding hydrogens is 306 g/mol. The fourth-order valence-corrected chi connectivity index (χ4v) is 4.15. The number of aryl methyl sites for hydroxylation is 2. The van der Waals surface area contributed by atoms with E-state index < -0.39 is 14.9 Å². The Labute approximate surface area is 131 Å². The number of unbranched alkanes of at least 4 members (excludes halogenated alkanes) is 1. The molecule has 0 spiro atoms. The summed E-state index contributed by atoms with van der Waals surface area (Å²) in [4.78, 5) is 10.4. The number of non-ortho nitro benzene ring substituents is 1. The molecule has 0 aromatic heterocycles. The first-order valence-electron chi connectivity index (χ1n) is 7.21. The standard InChI is InChI=1S/C14H23N3O4S/c1-4-5-6-12(9-15)16-22(20,21)14-10(2)7-13(17(18)19)8-11(14)3/h7-8,12,16H,4-6,9,15H2,1-3H3. The molecule has 0 bridgehead atoms. The number of hydrogen-bond donors (Lipinski definition) is 2. The second kappa shape index (κ2) is 7.66. The molecule has 0 fully saturated rings. The van der Waals surface area contributed by atoms with Gasteiger partial charge in [-0.05, 0) is 31.4 Å². The number of nitrogens with two attached hydrogens (primary N) is 1. The average Bonchev–Trinajstić information content (AvgIpc) is 2.41. The van der Waals surface area contributed by atoms with Crippen molar-refractivity contribution >= 4 is 15.7 Å². The molecule has 1 aromatic carbocycles. The van der Waals surface area contributed by atoms with Crippen molar-refractivity contribution in [1.82, 2.24) is 4.72 Å². The lowest BCUT2D eigenvalue weighted by Gasteiger charge is -2.18. The highest BCUT2D eigenvalue weighted by atomic mass is 32.2. The summed E-state index contributed by atoms with van der Waals surface area (Å²) in [7, 11) is -3.76. The van der Waals surface area contributed by atoms with Crippen LogP contribution in [0.5, 0.6) is 0 Å². The first-order chi connectivity index (χ1) is 10.2. The van der Waals surface area contributed by atoms with Gasteiger partial charge in [0.25, 0.3) is 5.69 Å². The van der Waals surface area contributed by atoms with Gasteiger partial charge in [0.05, 0.1) is 9.82 Å². The molecule has 0 amide bonds. The third-order valence-corrected chi connectivity index (χ3v) is 5.26. The van der Waals surface area contributed by atoms with Crippen LogP contribution < -0.4 is 10.5 Å². The number of hydrogen-bond acceptors (Lipinski definition) is 5. The third kappa shape index (κ3) is 4.49. The van der Waals surface area contributed by atoms with Crippen LogP contribution in [-0.2, 0) is 10.0 Å². The van der Waals surface area contributed by atoms with Crippen LogP contribution in [0.3, 0.4) is 0 Å². The van der Waals surface area contributed by atoms with Gasteiger partial charge in [0.1, 0.15) is 0 Å². The number of rotatable bonds is 8. The molecule has 1 aromatic rings.